The summed E-state index contributed by atoms with van der Waals surface area (Å²) in [6, 6.07) is 0. The Balaban J connectivity index is 2.65. The van der Waals surface area contributed by atoms with Crippen LogP contribution in [0, 0.1) is 34.9 Å². The van der Waals surface area contributed by atoms with Gasteiger partial charge in [-0.2, -0.15) is 101 Å². The van der Waals surface area contributed by atoms with Gasteiger partial charge in [-0.05, 0) is 0 Å². The molecular weight excluding hydrogens is 829 g/mol. The molecule has 0 unspecified atom stereocenters. The van der Waals surface area contributed by atoms with Crippen molar-refractivity contribution in [2.45, 2.75) is 59.7 Å². The predicted molar refractivity (Wildman–Crippen MR) is 105 cm³/mol. The van der Waals surface area contributed by atoms with Gasteiger partial charge in [-0.15, -0.1) is 0 Å². The first kappa shape index (κ1) is 42.6. The summed E-state index contributed by atoms with van der Waals surface area (Å²) < 4.78 is 403. The largest absolute Gasteiger partial charge is 0.460 e. The summed E-state index contributed by atoms with van der Waals surface area (Å²) in [6.07, 6.45) is -16.2. The van der Waals surface area contributed by atoms with E-state index in [1.165, 1.54) is 0 Å². The van der Waals surface area contributed by atoms with Crippen LogP contribution in [-0.4, -0.2) is 52.7 Å². The van der Waals surface area contributed by atoms with Gasteiger partial charge in [0.2, 0.25) is 0 Å². The van der Waals surface area contributed by atoms with Crippen molar-refractivity contribution in [3.05, 3.63) is 46.0 Å². The molecule has 0 fully saturated rings. The second-order valence-electron chi connectivity index (χ2n) is 9.95. The first-order valence-electron chi connectivity index (χ1n) is 11.7. The maximum atomic E-state index is 15.1. The molecule has 0 amide bonds. The Morgan fingerprint density at radius 1 is 0.288 bits per heavy atom. The fraction of sp³-hybridized carbons (Fsp3) is 0.455. The molecule has 0 saturated heterocycles. The molecule has 0 aliphatic carbocycles. The quantitative estimate of drug-likeness (QED) is 0.121. The van der Waals surface area contributed by atoms with Crippen molar-refractivity contribution in [2.75, 3.05) is 0 Å². The Bertz CT molecular complexity index is 1940. The SMILES string of the molecule is Fc1c(F)c(F)c2c(c1F)c1c(F)c(F)c(C(F)(F)C(F)(F)C(F)(F)C(F)(F)C(F)(F)C(F)(F)C(F)(F)C(F)(F)F)c(C(F)(F)C(F)(F)F)c1n2F. The topological polar surface area (TPSA) is 4.93 Å². The van der Waals surface area contributed by atoms with E-state index < -0.39 is 132 Å². The monoisotopic (exact) mass is 829 g/mol. The molecule has 1 aromatic heterocycles. The van der Waals surface area contributed by atoms with Gasteiger partial charge in [-0.3, -0.25) is 0 Å². The summed E-state index contributed by atoms with van der Waals surface area (Å²) in [6.45, 7) is 0. The highest BCUT2D eigenvalue weighted by Gasteiger charge is 2.95. The first-order chi connectivity index (χ1) is 22.6. The van der Waals surface area contributed by atoms with Crippen molar-refractivity contribution in [2.24, 2.45) is 0 Å². The third kappa shape index (κ3) is 4.80. The Morgan fingerprint density at radius 3 is 1.00 bits per heavy atom. The molecule has 3 aromatic rings. The van der Waals surface area contributed by atoms with E-state index >= 15 is 13.3 Å². The zero-order chi connectivity index (χ0) is 41.5. The minimum atomic E-state index is -9.55. The number of nitrogens with zero attached hydrogens (tertiary/aromatic N) is 1. The van der Waals surface area contributed by atoms with Crippen molar-refractivity contribution in [1.29, 1.82) is 0 Å². The van der Waals surface area contributed by atoms with Crippen LogP contribution in [0.25, 0.3) is 21.8 Å². The molecule has 0 aliphatic rings. The van der Waals surface area contributed by atoms with Gasteiger partial charge in [0.1, 0.15) is 5.52 Å². The maximum absolute atomic E-state index is 15.1. The van der Waals surface area contributed by atoms with Gasteiger partial charge in [0.15, 0.2) is 34.9 Å². The molecule has 0 radical (unpaired) electrons. The average Bonchev–Trinajstić information content (AvgIpc) is 3.27. The molecule has 0 spiro atoms. The standard InChI is InChI=1S/C22F29N/c23-5-1-2-6(24)8(26)9(27)10(28)12(2)52(51)11(1)4(14(31,32)21(45,46)47)3(7(5)25)13(29,30)15(33,34)16(35,36)17(37,38)18(39,40)19(41,42)20(43,44)22(48,49)50. The fourth-order valence-corrected chi connectivity index (χ4v) is 4.31. The zero-order valence-corrected chi connectivity index (χ0v) is 22.4. The van der Waals surface area contributed by atoms with E-state index in [4.69, 9.17) is 0 Å². The van der Waals surface area contributed by atoms with E-state index in [9.17, 15) is 114 Å². The Morgan fingerprint density at radius 2 is 0.615 bits per heavy atom. The number of fused-ring (bicyclic) bond motifs is 3. The third-order valence-electron chi connectivity index (χ3n) is 6.95. The van der Waals surface area contributed by atoms with Gasteiger partial charge in [-0.25, -0.2) is 26.3 Å². The molecule has 0 atom stereocenters. The van der Waals surface area contributed by atoms with E-state index in [0.717, 1.165) is 0 Å². The van der Waals surface area contributed by atoms with Gasteiger partial charge < -0.3 is 0 Å². The molecule has 0 bridgehead atoms. The van der Waals surface area contributed by atoms with E-state index in [0.29, 0.717) is 0 Å². The molecular formula is C22F29N. The predicted octanol–water partition coefficient (Wildman–Crippen LogP) is 11.5. The molecule has 1 heterocycles. The Labute approximate surface area is 261 Å². The second kappa shape index (κ2) is 11.1. The molecule has 3 rings (SSSR count). The van der Waals surface area contributed by atoms with Gasteiger partial charge >= 0.3 is 59.7 Å². The highest BCUT2D eigenvalue weighted by molar-refractivity contribution is 6.10. The molecule has 1 nitrogen and oxygen atoms in total. The van der Waals surface area contributed by atoms with Crippen LogP contribution < -0.4 is 0 Å². The van der Waals surface area contributed by atoms with Gasteiger partial charge in [0.25, 0.3) is 0 Å². The van der Waals surface area contributed by atoms with Gasteiger partial charge in [-0.1, -0.05) is 4.48 Å². The van der Waals surface area contributed by atoms with Crippen LogP contribution in [0.15, 0.2) is 0 Å². The van der Waals surface area contributed by atoms with Crippen LogP contribution in [0.2, 0.25) is 0 Å². The van der Waals surface area contributed by atoms with E-state index in [2.05, 4.69) is 0 Å². The average molecular weight is 829 g/mol. The number of benzene rings is 2. The number of hydrogen-bond acceptors (Lipinski definition) is 0. The zero-order valence-electron chi connectivity index (χ0n) is 22.4. The summed E-state index contributed by atoms with van der Waals surface area (Å²) >= 11 is 0. The van der Waals surface area contributed by atoms with Crippen LogP contribution >= 0.6 is 0 Å². The van der Waals surface area contributed by atoms with Crippen molar-refractivity contribution in [1.82, 2.24) is 4.79 Å². The summed E-state index contributed by atoms with van der Waals surface area (Å²) in [5, 5.41) is -6.21. The van der Waals surface area contributed by atoms with Crippen molar-refractivity contribution in [3.8, 4) is 0 Å². The minimum absolute atomic E-state index is 2.62. The maximum Gasteiger partial charge on any atom is 0.460 e. The molecule has 0 aliphatic heterocycles. The fourth-order valence-electron chi connectivity index (χ4n) is 4.31. The van der Waals surface area contributed by atoms with E-state index in [-0.39, 0.29) is 0 Å². The summed E-state index contributed by atoms with van der Waals surface area (Å²) in [5.41, 5.74) is -17.1. The first-order valence-corrected chi connectivity index (χ1v) is 11.7. The number of hydrogen-bond donors (Lipinski definition) is 0. The minimum Gasteiger partial charge on any atom is -0.203 e. The van der Waals surface area contributed by atoms with Crippen LogP contribution in [0.3, 0.4) is 0 Å². The summed E-state index contributed by atoms with van der Waals surface area (Å²) in [5.74, 6) is -94.8. The highest BCUT2D eigenvalue weighted by Crippen LogP contribution is 2.66. The number of halogens is 29. The highest BCUT2D eigenvalue weighted by atomic mass is 19.4. The third-order valence-corrected chi connectivity index (χ3v) is 6.95. The molecule has 2 aromatic carbocycles. The smallest absolute Gasteiger partial charge is 0.203 e. The lowest BCUT2D eigenvalue weighted by atomic mass is 9.84. The van der Waals surface area contributed by atoms with E-state index in [1.807, 2.05) is 0 Å². The van der Waals surface area contributed by atoms with Crippen molar-refractivity contribution in [3.63, 3.8) is 0 Å². The lowest BCUT2D eigenvalue weighted by Crippen LogP contribution is -2.74. The number of rotatable bonds is 8. The normalized spacial score (nSPS) is 15.4. The molecule has 296 valence electrons. The van der Waals surface area contributed by atoms with Crippen molar-refractivity contribution >= 4 is 21.8 Å². The van der Waals surface area contributed by atoms with Crippen LogP contribution in [-0.2, 0) is 11.8 Å². The van der Waals surface area contributed by atoms with Crippen LogP contribution in [0.4, 0.5) is 127 Å². The summed E-state index contributed by atoms with van der Waals surface area (Å²) in [7, 11) is 0. The van der Waals surface area contributed by atoms with E-state index in [1.54, 1.807) is 0 Å². The molecule has 0 N–H and O–H groups in total. The molecule has 30 heteroatoms. The van der Waals surface area contributed by atoms with Gasteiger partial charge in [0, 0.05) is 0 Å². The summed E-state index contributed by atoms with van der Waals surface area (Å²) in [4.78, 5) is -2.62. The Kier molecular flexibility index (Phi) is 9.12. The molecule has 0 saturated carbocycles. The number of aromatic nitrogens is 1. The second-order valence-corrected chi connectivity index (χ2v) is 9.95. The molecule has 52 heavy (non-hydrogen) atoms. The Hall–Kier alpha value is -3.79. The van der Waals surface area contributed by atoms with Gasteiger partial charge in [0.05, 0.1) is 27.4 Å². The lowest BCUT2D eigenvalue weighted by Gasteiger charge is -2.43. The van der Waals surface area contributed by atoms with Crippen LogP contribution in [0.5, 0.6) is 0 Å². The lowest BCUT2D eigenvalue weighted by molar-refractivity contribution is -0.463. The van der Waals surface area contributed by atoms with Crippen molar-refractivity contribution < 1.29 is 127 Å². The number of alkyl halides is 22. The van der Waals surface area contributed by atoms with Crippen LogP contribution in [0.1, 0.15) is 11.1 Å².